The van der Waals surface area contributed by atoms with E-state index in [1.165, 1.54) is 12.8 Å². The molecule has 1 fully saturated rings. The van der Waals surface area contributed by atoms with Crippen LogP contribution in [0.3, 0.4) is 0 Å². The van der Waals surface area contributed by atoms with E-state index in [-0.39, 0.29) is 5.91 Å². The summed E-state index contributed by atoms with van der Waals surface area (Å²) >= 11 is 0. The zero-order chi connectivity index (χ0) is 14.5. The van der Waals surface area contributed by atoms with Crippen LogP contribution in [0, 0.1) is 12.8 Å². The number of carbonyl (C=O) groups excluding carboxylic acids is 1. The molecule has 1 aliphatic rings. The molecule has 1 aliphatic heterocycles. The average molecular weight is 275 g/mol. The third-order valence-corrected chi connectivity index (χ3v) is 4.08. The number of hydrogen-bond donors (Lipinski definition) is 2. The summed E-state index contributed by atoms with van der Waals surface area (Å²) < 4.78 is 0. The highest BCUT2D eigenvalue weighted by atomic mass is 16.1. The molecule has 0 unspecified atom stereocenters. The van der Waals surface area contributed by atoms with Crippen molar-refractivity contribution >= 4 is 11.6 Å². The monoisotopic (exact) mass is 275 g/mol. The molecule has 0 aliphatic carbocycles. The Hall–Kier alpha value is -1.55. The maximum absolute atomic E-state index is 11.6. The van der Waals surface area contributed by atoms with Crippen LogP contribution in [0.15, 0.2) is 18.2 Å². The van der Waals surface area contributed by atoms with E-state index in [0.717, 1.165) is 37.4 Å². The molecule has 1 aromatic rings. The van der Waals surface area contributed by atoms with E-state index in [4.69, 9.17) is 5.73 Å². The van der Waals surface area contributed by atoms with E-state index in [1.54, 1.807) is 0 Å². The topological polar surface area (TPSA) is 58.4 Å². The van der Waals surface area contributed by atoms with Crippen molar-refractivity contribution in [1.82, 2.24) is 5.32 Å². The second-order valence-electron chi connectivity index (χ2n) is 5.62. The SMILES string of the molecule is CCN(CC1CCNCC1)c1cc(C)ccc1C(N)=O. The van der Waals surface area contributed by atoms with Crippen molar-refractivity contribution < 1.29 is 4.79 Å². The second-order valence-corrected chi connectivity index (χ2v) is 5.62. The third kappa shape index (κ3) is 3.51. The van der Waals surface area contributed by atoms with E-state index < -0.39 is 0 Å². The predicted octanol–water partition coefficient (Wildman–Crippen LogP) is 1.92. The van der Waals surface area contributed by atoms with Crippen LogP contribution in [0.5, 0.6) is 0 Å². The van der Waals surface area contributed by atoms with Crippen molar-refractivity contribution in [2.75, 3.05) is 31.1 Å². The molecule has 0 atom stereocenters. The van der Waals surface area contributed by atoms with Gasteiger partial charge in [-0.25, -0.2) is 0 Å². The Morgan fingerprint density at radius 1 is 1.40 bits per heavy atom. The first kappa shape index (κ1) is 14.9. The summed E-state index contributed by atoms with van der Waals surface area (Å²) in [5.41, 5.74) is 8.29. The Balaban J connectivity index is 2.21. The highest BCUT2D eigenvalue weighted by Gasteiger charge is 2.19. The number of nitrogens with zero attached hydrogens (tertiary/aromatic N) is 1. The van der Waals surface area contributed by atoms with Gasteiger partial charge >= 0.3 is 0 Å². The summed E-state index contributed by atoms with van der Waals surface area (Å²) in [4.78, 5) is 13.9. The van der Waals surface area contributed by atoms with Crippen molar-refractivity contribution in [2.45, 2.75) is 26.7 Å². The minimum absolute atomic E-state index is 0.344. The number of primary amides is 1. The van der Waals surface area contributed by atoms with Gasteiger partial charge in [-0.3, -0.25) is 4.79 Å². The Labute approximate surface area is 121 Å². The van der Waals surface area contributed by atoms with Crippen molar-refractivity contribution in [3.05, 3.63) is 29.3 Å². The van der Waals surface area contributed by atoms with Crippen LogP contribution in [0.1, 0.15) is 35.7 Å². The van der Waals surface area contributed by atoms with Crippen molar-refractivity contribution in [2.24, 2.45) is 11.7 Å². The molecule has 0 spiro atoms. The lowest BCUT2D eigenvalue weighted by atomic mass is 9.96. The molecule has 4 heteroatoms. The Morgan fingerprint density at radius 3 is 2.70 bits per heavy atom. The number of nitrogens with one attached hydrogen (secondary N) is 1. The maximum Gasteiger partial charge on any atom is 0.250 e. The predicted molar refractivity (Wildman–Crippen MR) is 83.2 cm³/mol. The van der Waals surface area contributed by atoms with Crippen LogP contribution in [0.25, 0.3) is 0 Å². The van der Waals surface area contributed by atoms with E-state index in [1.807, 2.05) is 19.1 Å². The Kier molecular flexibility index (Phi) is 5.01. The number of rotatable bonds is 5. The molecular weight excluding hydrogens is 250 g/mol. The van der Waals surface area contributed by atoms with Gasteiger partial charge in [0.25, 0.3) is 5.91 Å². The molecule has 1 amide bonds. The summed E-state index contributed by atoms with van der Waals surface area (Å²) in [6.07, 6.45) is 2.41. The van der Waals surface area contributed by atoms with Crippen LogP contribution >= 0.6 is 0 Å². The van der Waals surface area contributed by atoms with Gasteiger partial charge in [0.2, 0.25) is 0 Å². The van der Waals surface area contributed by atoms with Gasteiger partial charge in [-0.15, -0.1) is 0 Å². The summed E-state index contributed by atoms with van der Waals surface area (Å²) in [6, 6.07) is 5.87. The molecule has 1 aromatic carbocycles. The van der Waals surface area contributed by atoms with Crippen molar-refractivity contribution in [3.63, 3.8) is 0 Å². The fraction of sp³-hybridized carbons (Fsp3) is 0.562. The summed E-state index contributed by atoms with van der Waals surface area (Å²) in [7, 11) is 0. The van der Waals surface area contributed by atoms with Gasteiger partial charge in [0.1, 0.15) is 0 Å². The minimum atomic E-state index is -0.344. The quantitative estimate of drug-likeness (QED) is 0.863. The number of aryl methyl sites for hydroxylation is 1. The number of hydrogen-bond acceptors (Lipinski definition) is 3. The second kappa shape index (κ2) is 6.75. The molecule has 20 heavy (non-hydrogen) atoms. The van der Waals surface area contributed by atoms with Gasteiger partial charge in [0, 0.05) is 18.8 Å². The number of benzene rings is 1. The van der Waals surface area contributed by atoms with Crippen LogP contribution in [0.4, 0.5) is 5.69 Å². The molecule has 3 N–H and O–H groups in total. The number of anilines is 1. The van der Waals surface area contributed by atoms with Gasteiger partial charge in [0.05, 0.1) is 5.56 Å². The summed E-state index contributed by atoms with van der Waals surface area (Å²) in [6.45, 7) is 8.27. The van der Waals surface area contributed by atoms with Gasteiger partial charge < -0.3 is 16.0 Å². The zero-order valence-corrected chi connectivity index (χ0v) is 12.5. The molecule has 0 bridgehead atoms. The molecule has 110 valence electrons. The average Bonchev–Trinajstić information content (AvgIpc) is 2.45. The highest BCUT2D eigenvalue weighted by Crippen LogP contribution is 2.24. The fourth-order valence-corrected chi connectivity index (χ4v) is 2.89. The number of amides is 1. The fourth-order valence-electron chi connectivity index (χ4n) is 2.89. The summed E-state index contributed by atoms with van der Waals surface area (Å²) in [5, 5.41) is 3.39. The standard InChI is InChI=1S/C16H25N3O/c1-3-19(11-13-6-8-18-9-7-13)15-10-12(2)4-5-14(15)16(17)20/h4-5,10,13,18H,3,6-9,11H2,1-2H3,(H2,17,20). The lowest BCUT2D eigenvalue weighted by Gasteiger charge is -2.32. The van der Waals surface area contributed by atoms with Crippen molar-refractivity contribution in [3.8, 4) is 0 Å². The van der Waals surface area contributed by atoms with E-state index in [0.29, 0.717) is 11.5 Å². The normalized spacial score (nSPS) is 16.1. The van der Waals surface area contributed by atoms with E-state index >= 15 is 0 Å². The Morgan fingerprint density at radius 2 is 2.10 bits per heavy atom. The molecule has 1 heterocycles. The van der Waals surface area contributed by atoms with Gasteiger partial charge in [0.15, 0.2) is 0 Å². The molecule has 4 nitrogen and oxygen atoms in total. The highest BCUT2D eigenvalue weighted by molar-refractivity contribution is 5.98. The maximum atomic E-state index is 11.6. The molecule has 1 saturated heterocycles. The van der Waals surface area contributed by atoms with Crippen LogP contribution < -0.4 is 16.0 Å². The van der Waals surface area contributed by atoms with Crippen LogP contribution in [-0.4, -0.2) is 32.1 Å². The van der Waals surface area contributed by atoms with Gasteiger partial charge in [-0.05, 0) is 63.4 Å². The first-order chi connectivity index (χ1) is 9.61. The molecule has 0 radical (unpaired) electrons. The molecular formula is C16H25N3O. The first-order valence-electron chi connectivity index (χ1n) is 7.48. The lowest BCUT2D eigenvalue weighted by Crippen LogP contribution is -2.37. The smallest absolute Gasteiger partial charge is 0.250 e. The first-order valence-corrected chi connectivity index (χ1v) is 7.48. The largest absolute Gasteiger partial charge is 0.371 e. The van der Waals surface area contributed by atoms with E-state index in [2.05, 4.69) is 23.2 Å². The van der Waals surface area contributed by atoms with Gasteiger partial charge in [-0.1, -0.05) is 6.07 Å². The number of nitrogens with two attached hydrogens (primary N) is 1. The van der Waals surface area contributed by atoms with Crippen molar-refractivity contribution in [1.29, 1.82) is 0 Å². The minimum Gasteiger partial charge on any atom is -0.371 e. The number of carbonyl (C=O) groups is 1. The lowest BCUT2D eigenvalue weighted by molar-refractivity contribution is 0.100. The Bertz CT molecular complexity index is 467. The van der Waals surface area contributed by atoms with E-state index in [9.17, 15) is 4.79 Å². The summed E-state index contributed by atoms with van der Waals surface area (Å²) in [5.74, 6) is 0.348. The zero-order valence-electron chi connectivity index (χ0n) is 12.5. The number of piperidine rings is 1. The third-order valence-electron chi connectivity index (χ3n) is 4.08. The van der Waals surface area contributed by atoms with Crippen LogP contribution in [0.2, 0.25) is 0 Å². The van der Waals surface area contributed by atoms with Gasteiger partial charge in [-0.2, -0.15) is 0 Å². The van der Waals surface area contributed by atoms with Crippen LogP contribution in [-0.2, 0) is 0 Å². The molecule has 2 rings (SSSR count). The molecule has 0 aromatic heterocycles. The molecule has 0 saturated carbocycles.